The summed E-state index contributed by atoms with van der Waals surface area (Å²) in [4.78, 5) is 27.0. The van der Waals surface area contributed by atoms with Gasteiger partial charge in [0.2, 0.25) is 11.8 Å². The molecule has 0 aromatic carbocycles. The summed E-state index contributed by atoms with van der Waals surface area (Å²) in [5, 5.41) is 7.73. The first-order valence-corrected chi connectivity index (χ1v) is 7.53. The highest BCUT2D eigenvalue weighted by Gasteiger charge is 2.07. The smallest absolute Gasteiger partial charge is 0.226 e. The van der Waals surface area contributed by atoms with E-state index in [1.54, 1.807) is 11.6 Å². The zero-order chi connectivity index (χ0) is 14.8. The number of ether oxygens (including phenoxy) is 1. The summed E-state index contributed by atoms with van der Waals surface area (Å²) in [6.07, 6.45) is 2.94. The maximum atomic E-state index is 11.5. The van der Waals surface area contributed by atoms with Crippen molar-refractivity contribution in [3.05, 3.63) is 11.6 Å². The number of amides is 2. The maximum absolute atomic E-state index is 11.5. The maximum Gasteiger partial charge on any atom is 0.226 e. The highest BCUT2D eigenvalue weighted by molar-refractivity contribution is 7.13. The van der Waals surface area contributed by atoms with E-state index in [1.165, 1.54) is 11.3 Å². The minimum absolute atomic E-state index is 0.121. The second-order valence-corrected chi connectivity index (χ2v) is 5.40. The largest absolute Gasteiger partial charge is 0.379 e. The van der Waals surface area contributed by atoms with Crippen LogP contribution in [0.2, 0.25) is 0 Å². The predicted molar refractivity (Wildman–Crippen MR) is 78.7 cm³/mol. The van der Waals surface area contributed by atoms with Gasteiger partial charge in [-0.1, -0.05) is 0 Å². The van der Waals surface area contributed by atoms with Gasteiger partial charge in [-0.05, 0) is 20.3 Å². The second kappa shape index (κ2) is 9.44. The van der Waals surface area contributed by atoms with Crippen LogP contribution in [0.4, 0.5) is 5.13 Å². The summed E-state index contributed by atoms with van der Waals surface area (Å²) >= 11 is 1.35. The van der Waals surface area contributed by atoms with E-state index in [9.17, 15) is 9.59 Å². The number of anilines is 1. The third-order valence-corrected chi connectivity index (χ3v) is 3.04. The van der Waals surface area contributed by atoms with Crippen molar-refractivity contribution in [1.82, 2.24) is 10.3 Å². The number of aromatic nitrogens is 1. The average molecular weight is 299 g/mol. The number of thiazole rings is 1. The lowest BCUT2D eigenvalue weighted by Crippen LogP contribution is -2.26. The van der Waals surface area contributed by atoms with Gasteiger partial charge in [-0.25, -0.2) is 4.98 Å². The number of hydrogen-bond acceptors (Lipinski definition) is 5. The SMILES string of the molecule is CC(C)OCCCNC(=O)CCC(=O)Nc1nccs1. The molecular weight excluding hydrogens is 278 g/mol. The van der Waals surface area contributed by atoms with Crippen LogP contribution < -0.4 is 10.6 Å². The van der Waals surface area contributed by atoms with Crippen molar-refractivity contribution >= 4 is 28.3 Å². The van der Waals surface area contributed by atoms with Crippen LogP contribution in [-0.4, -0.2) is 36.1 Å². The highest BCUT2D eigenvalue weighted by atomic mass is 32.1. The molecule has 7 heteroatoms. The van der Waals surface area contributed by atoms with Crippen LogP contribution in [-0.2, 0) is 14.3 Å². The van der Waals surface area contributed by atoms with Gasteiger partial charge in [-0.3, -0.25) is 9.59 Å². The van der Waals surface area contributed by atoms with E-state index >= 15 is 0 Å². The van der Waals surface area contributed by atoms with Gasteiger partial charge in [-0.2, -0.15) is 0 Å². The van der Waals surface area contributed by atoms with E-state index in [-0.39, 0.29) is 30.8 Å². The molecule has 20 heavy (non-hydrogen) atoms. The molecule has 1 rings (SSSR count). The van der Waals surface area contributed by atoms with Gasteiger partial charge in [0.1, 0.15) is 0 Å². The van der Waals surface area contributed by atoms with Gasteiger partial charge in [0, 0.05) is 37.6 Å². The van der Waals surface area contributed by atoms with E-state index in [0.29, 0.717) is 18.3 Å². The van der Waals surface area contributed by atoms with Crippen LogP contribution in [0.25, 0.3) is 0 Å². The zero-order valence-corrected chi connectivity index (χ0v) is 12.7. The fourth-order valence-electron chi connectivity index (χ4n) is 1.40. The summed E-state index contributed by atoms with van der Waals surface area (Å²) in [7, 11) is 0. The summed E-state index contributed by atoms with van der Waals surface area (Å²) in [5.74, 6) is -0.318. The molecule has 1 aromatic heterocycles. The molecule has 0 radical (unpaired) electrons. The number of nitrogens with zero attached hydrogens (tertiary/aromatic N) is 1. The molecule has 0 bridgehead atoms. The quantitative estimate of drug-likeness (QED) is 0.681. The molecule has 112 valence electrons. The van der Waals surface area contributed by atoms with Crippen LogP contribution in [0, 0.1) is 0 Å². The zero-order valence-electron chi connectivity index (χ0n) is 11.8. The Morgan fingerprint density at radius 3 is 2.75 bits per heavy atom. The summed E-state index contributed by atoms with van der Waals surface area (Å²) in [6.45, 7) is 5.14. The summed E-state index contributed by atoms with van der Waals surface area (Å²) < 4.78 is 5.36. The monoisotopic (exact) mass is 299 g/mol. The molecule has 2 amide bonds. The van der Waals surface area contributed by atoms with Crippen LogP contribution in [0.3, 0.4) is 0 Å². The van der Waals surface area contributed by atoms with Crippen molar-refractivity contribution < 1.29 is 14.3 Å². The number of hydrogen-bond donors (Lipinski definition) is 2. The summed E-state index contributed by atoms with van der Waals surface area (Å²) in [6, 6.07) is 0. The lowest BCUT2D eigenvalue weighted by atomic mass is 10.3. The normalized spacial score (nSPS) is 10.6. The molecule has 0 unspecified atom stereocenters. The van der Waals surface area contributed by atoms with Crippen LogP contribution >= 0.6 is 11.3 Å². The van der Waals surface area contributed by atoms with E-state index in [1.807, 2.05) is 13.8 Å². The predicted octanol–water partition coefficient (Wildman–Crippen LogP) is 1.79. The first-order valence-electron chi connectivity index (χ1n) is 6.65. The lowest BCUT2D eigenvalue weighted by Gasteiger charge is -2.08. The number of rotatable bonds is 9. The standard InChI is InChI=1S/C13H21N3O3S/c1-10(2)19-8-3-6-14-11(17)4-5-12(18)16-13-15-7-9-20-13/h7,9-10H,3-6,8H2,1-2H3,(H,14,17)(H,15,16,18). The lowest BCUT2D eigenvalue weighted by molar-refractivity contribution is -0.124. The van der Waals surface area contributed by atoms with E-state index in [2.05, 4.69) is 15.6 Å². The summed E-state index contributed by atoms with van der Waals surface area (Å²) in [5.41, 5.74) is 0. The molecule has 2 N–H and O–H groups in total. The molecule has 0 saturated heterocycles. The van der Waals surface area contributed by atoms with Gasteiger partial charge in [0.25, 0.3) is 0 Å². The Balaban J connectivity index is 2.03. The molecule has 1 aromatic rings. The Hall–Kier alpha value is -1.47. The first kappa shape index (κ1) is 16.6. The Kier molecular flexibility index (Phi) is 7.82. The number of carbonyl (C=O) groups excluding carboxylic acids is 2. The third kappa shape index (κ3) is 7.85. The topological polar surface area (TPSA) is 80.3 Å². The highest BCUT2D eigenvalue weighted by Crippen LogP contribution is 2.10. The van der Waals surface area contributed by atoms with Crippen molar-refractivity contribution in [1.29, 1.82) is 0 Å². The fraction of sp³-hybridized carbons (Fsp3) is 0.615. The molecule has 0 aliphatic carbocycles. The fourth-order valence-corrected chi connectivity index (χ4v) is 1.95. The van der Waals surface area contributed by atoms with Crippen LogP contribution in [0.15, 0.2) is 11.6 Å². The Bertz CT molecular complexity index is 407. The van der Waals surface area contributed by atoms with Gasteiger partial charge in [-0.15, -0.1) is 11.3 Å². The van der Waals surface area contributed by atoms with E-state index < -0.39 is 0 Å². The molecule has 0 aliphatic heterocycles. The second-order valence-electron chi connectivity index (χ2n) is 4.51. The number of nitrogens with one attached hydrogen (secondary N) is 2. The van der Waals surface area contributed by atoms with Crippen molar-refractivity contribution in [3.63, 3.8) is 0 Å². The average Bonchev–Trinajstić information content (AvgIpc) is 2.88. The van der Waals surface area contributed by atoms with E-state index in [4.69, 9.17) is 4.74 Å². The van der Waals surface area contributed by atoms with Crippen molar-refractivity contribution in [2.75, 3.05) is 18.5 Å². The first-order chi connectivity index (χ1) is 9.58. The van der Waals surface area contributed by atoms with Gasteiger partial charge < -0.3 is 15.4 Å². The molecule has 6 nitrogen and oxygen atoms in total. The molecular formula is C13H21N3O3S. The third-order valence-electron chi connectivity index (χ3n) is 2.35. The molecule has 0 spiro atoms. The Morgan fingerprint density at radius 2 is 2.10 bits per heavy atom. The molecule has 0 aliphatic rings. The Morgan fingerprint density at radius 1 is 1.35 bits per heavy atom. The van der Waals surface area contributed by atoms with Gasteiger partial charge in [0.15, 0.2) is 5.13 Å². The Labute approximate surface area is 122 Å². The molecule has 0 fully saturated rings. The number of carbonyl (C=O) groups is 2. The van der Waals surface area contributed by atoms with Crippen molar-refractivity contribution in [2.45, 2.75) is 39.2 Å². The van der Waals surface area contributed by atoms with Crippen molar-refractivity contribution in [3.8, 4) is 0 Å². The van der Waals surface area contributed by atoms with Crippen LogP contribution in [0.1, 0.15) is 33.1 Å². The minimum atomic E-state index is -0.196. The van der Waals surface area contributed by atoms with Gasteiger partial charge >= 0.3 is 0 Å². The van der Waals surface area contributed by atoms with Gasteiger partial charge in [0.05, 0.1) is 6.10 Å². The molecule has 0 atom stereocenters. The molecule has 1 heterocycles. The minimum Gasteiger partial charge on any atom is -0.379 e. The molecule has 0 saturated carbocycles. The van der Waals surface area contributed by atoms with E-state index in [0.717, 1.165) is 6.42 Å². The van der Waals surface area contributed by atoms with Crippen LogP contribution in [0.5, 0.6) is 0 Å². The van der Waals surface area contributed by atoms with Crippen molar-refractivity contribution in [2.24, 2.45) is 0 Å².